The molecule has 0 saturated heterocycles. The van der Waals surface area contributed by atoms with Crippen LogP contribution >= 0.6 is 0 Å². The van der Waals surface area contributed by atoms with E-state index < -0.39 is 20.4 Å². The zero-order valence-corrected chi connectivity index (χ0v) is 11.7. The zero-order chi connectivity index (χ0) is 14.2. The van der Waals surface area contributed by atoms with E-state index in [1.54, 1.807) is 20.8 Å². The van der Waals surface area contributed by atoms with Crippen LogP contribution in [0.3, 0.4) is 0 Å². The van der Waals surface area contributed by atoms with Gasteiger partial charge in [-0.3, -0.25) is 0 Å². The molecule has 0 amide bonds. The maximum Gasteiger partial charge on any atom is 0.247 e. The maximum absolute atomic E-state index is 12.1. The largest absolute Gasteiger partial charge is 0.593 e. The first kappa shape index (κ1) is 15.1. The standard InChI is InChI=1S/C11H18N2O4S/c1-11(2,3)12-18(16,17)10-8-6-5-7-9(10)13(4,14)15/h5-8,12,14H,1-4H3. The van der Waals surface area contributed by atoms with Crippen LogP contribution < -0.4 is 9.53 Å². The normalized spacial score (nSPS) is 16.3. The summed E-state index contributed by atoms with van der Waals surface area (Å²) in [7, 11) is -2.91. The number of hydroxylamine groups is 2. The van der Waals surface area contributed by atoms with Crippen molar-refractivity contribution in [3.63, 3.8) is 0 Å². The van der Waals surface area contributed by atoms with Gasteiger partial charge in [-0.25, -0.2) is 18.3 Å². The predicted molar refractivity (Wildman–Crippen MR) is 69.4 cm³/mol. The van der Waals surface area contributed by atoms with Crippen LogP contribution in [0, 0.1) is 5.21 Å². The van der Waals surface area contributed by atoms with Crippen molar-refractivity contribution >= 4 is 15.7 Å². The van der Waals surface area contributed by atoms with Crippen LogP contribution in [0.25, 0.3) is 0 Å². The lowest BCUT2D eigenvalue weighted by molar-refractivity contribution is -0.00667. The van der Waals surface area contributed by atoms with E-state index in [9.17, 15) is 18.8 Å². The molecular formula is C11H18N2O4S. The van der Waals surface area contributed by atoms with Gasteiger partial charge in [-0.1, -0.05) is 12.1 Å². The molecule has 1 unspecified atom stereocenters. The van der Waals surface area contributed by atoms with Gasteiger partial charge in [0.15, 0.2) is 5.69 Å². The first-order chi connectivity index (χ1) is 7.93. The van der Waals surface area contributed by atoms with Crippen LogP contribution in [0.2, 0.25) is 0 Å². The molecule has 1 atom stereocenters. The van der Waals surface area contributed by atoms with Gasteiger partial charge < -0.3 is 5.21 Å². The van der Waals surface area contributed by atoms with Crippen molar-refractivity contribution in [3.05, 3.63) is 29.5 Å². The average Bonchev–Trinajstić information content (AvgIpc) is 2.12. The molecule has 0 aromatic heterocycles. The lowest BCUT2D eigenvalue weighted by atomic mass is 10.1. The van der Waals surface area contributed by atoms with E-state index in [-0.39, 0.29) is 10.6 Å². The first-order valence-electron chi connectivity index (χ1n) is 5.37. The number of sulfonamides is 1. The summed E-state index contributed by atoms with van der Waals surface area (Å²) in [5.74, 6) is 0. The molecule has 0 fully saturated rings. The molecule has 1 rings (SSSR count). The number of nitrogens with zero attached hydrogens (tertiary/aromatic N) is 1. The van der Waals surface area contributed by atoms with Gasteiger partial charge in [-0.05, 0) is 26.8 Å². The average molecular weight is 274 g/mol. The van der Waals surface area contributed by atoms with Crippen molar-refractivity contribution < 1.29 is 13.6 Å². The Morgan fingerprint density at radius 1 is 1.28 bits per heavy atom. The highest BCUT2D eigenvalue weighted by atomic mass is 32.2. The van der Waals surface area contributed by atoms with Crippen LogP contribution in [0.4, 0.5) is 5.69 Å². The van der Waals surface area contributed by atoms with Crippen molar-refractivity contribution in [2.75, 3.05) is 7.05 Å². The predicted octanol–water partition coefficient (Wildman–Crippen LogP) is 1.59. The van der Waals surface area contributed by atoms with Crippen LogP contribution in [0.1, 0.15) is 20.8 Å². The molecule has 0 aliphatic rings. The van der Waals surface area contributed by atoms with E-state index >= 15 is 0 Å². The van der Waals surface area contributed by atoms with Gasteiger partial charge in [-0.2, -0.15) is 4.81 Å². The molecule has 0 spiro atoms. The Morgan fingerprint density at radius 2 is 1.78 bits per heavy atom. The van der Waals surface area contributed by atoms with Gasteiger partial charge in [0, 0.05) is 11.6 Å². The second kappa shape index (κ2) is 4.60. The number of hydrogen-bond acceptors (Lipinski definition) is 4. The third kappa shape index (κ3) is 3.76. The summed E-state index contributed by atoms with van der Waals surface area (Å²) in [6.07, 6.45) is 0. The number of nitrogens with one attached hydrogen (secondary N) is 1. The fourth-order valence-corrected chi connectivity index (χ4v) is 3.17. The Bertz CT molecular complexity index is 527. The SMILES string of the molecule is CC(C)(C)NS(=O)(=O)c1ccccc1[N+](C)([O-])O. The second-order valence-corrected chi connectivity index (χ2v) is 6.85. The smallest absolute Gasteiger partial charge is 0.247 e. The summed E-state index contributed by atoms with van der Waals surface area (Å²) in [4.78, 5) is -2.01. The number of hydrogen-bond donors (Lipinski definition) is 2. The van der Waals surface area contributed by atoms with Crippen molar-refractivity contribution in [2.45, 2.75) is 31.2 Å². The van der Waals surface area contributed by atoms with Gasteiger partial charge in [0.05, 0.1) is 0 Å². The molecule has 0 aliphatic carbocycles. The Labute approximate surface area is 107 Å². The summed E-state index contributed by atoms with van der Waals surface area (Å²) in [6.45, 7) is 5.08. The molecule has 18 heavy (non-hydrogen) atoms. The van der Waals surface area contributed by atoms with Gasteiger partial charge in [0.2, 0.25) is 10.0 Å². The Balaban J connectivity index is 3.35. The summed E-state index contributed by atoms with van der Waals surface area (Å²) in [5.41, 5.74) is -0.900. The highest BCUT2D eigenvalue weighted by molar-refractivity contribution is 7.89. The lowest BCUT2D eigenvalue weighted by Crippen LogP contribution is -2.42. The first-order valence-corrected chi connectivity index (χ1v) is 6.86. The summed E-state index contributed by atoms with van der Waals surface area (Å²) < 4.78 is 26.7. The van der Waals surface area contributed by atoms with Gasteiger partial charge in [0.25, 0.3) is 0 Å². The van der Waals surface area contributed by atoms with E-state index in [1.807, 2.05) is 0 Å². The fourth-order valence-electron chi connectivity index (χ4n) is 1.49. The van der Waals surface area contributed by atoms with Crippen molar-refractivity contribution in [3.8, 4) is 0 Å². The Kier molecular flexibility index (Phi) is 3.85. The minimum absolute atomic E-state index is 0.222. The minimum Gasteiger partial charge on any atom is -0.593 e. The second-order valence-electron chi connectivity index (χ2n) is 5.20. The fraction of sp³-hybridized carbons (Fsp3) is 0.455. The lowest BCUT2D eigenvalue weighted by Gasteiger charge is -2.30. The molecule has 102 valence electrons. The maximum atomic E-state index is 12.1. The van der Waals surface area contributed by atoms with Gasteiger partial charge in [-0.15, -0.1) is 0 Å². The highest BCUT2D eigenvalue weighted by Gasteiger charge is 2.29. The third-order valence-electron chi connectivity index (χ3n) is 2.04. The monoisotopic (exact) mass is 274 g/mol. The topological polar surface area (TPSA) is 89.5 Å². The van der Waals surface area contributed by atoms with Gasteiger partial charge >= 0.3 is 0 Å². The Morgan fingerprint density at radius 3 is 2.22 bits per heavy atom. The molecule has 0 bridgehead atoms. The minimum atomic E-state index is -3.86. The van der Waals surface area contributed by atoms with Crippen molar-refractivity contribution in [1.29, 1.82) is 0 Å². The van der Waals surface area contributed by atoms with Crippen molar-refractivity contribution in [1.82, 2.24) is 9.53 Å². The van der Waals surface area contributed by atoms with Crippen LogP contribution in [-0.4, -0.2) is 26.2 Å². The molecule has 0 radical (unpaired) electrons. The molecule has 0 heterocycles. The number of quaternary nitrogens is 1. The summed E-state index contributed by atoms with van der Waals surface area (Å²) in [6, 6.07) is 5.56. The number of rotatable bonds is 3. The van der Waals surface area contributed by atoms with E-state index in [0.717, 1.165) is 7.05 Å². The zero-order valence-electron chi connectivity index (χ0n) is 10.8. The van der Waals surface area contributed by atoms with E-state index in [2.05, 4.69) is 4.72 Å². The highest BCUT2D eigenvalue weighted by Crippen LogP contribution is 2.27. The van der Waals surface area contributed by atoms with E-state index in [0.29, 0.717) is 0 Å². The summed E-state index contributed by atoms with van der Waals surface area (Å²) in [5, 5.41) is 21.0. The summed E-state index contributed by atoms with van der Waals surface area (Å²) >= 11 is 0. The third-order valence-corrected chi connectivity index (χ3v) is 3.85. The molecular weight excluding hydrogens is 256 g/mol. The number of para-hydroxylation sites is 1. The number of benzene rings is 1. The molecule has 6 nitrogen and oxygen atoms in total. The molecule has 7 heteroatoms. The van der Waals surface area contributed by atoms with Crippen LogP contribution in [0.15, 0.2) is 29.2 Å². The molecule has 0 aliphatic heterocycles. The van der Waals surface area contributed by atoms with E-state index in [1.165, 1.54) is 24.3 Å². The van der Waals surface area contributed by atoms with Gasteiger partial charge in [0.1, 0.15) is 11.9 Å². The molecule has 1 aromatic rings. The van der Waals surface area contributed by atoms with Crippen molar-refractivity contribution in [2.24, 2.45) is 0 Å². The quantitative estimate of drug-likeness (QED) is 0.647. The molecule has 0 saturated carbocycles. The van der Waals surface area contributed by atoms with E-state index in [4.69, 9.17) is 0 Å². The van der Waals surface area contributed by atoms with Crippen LogP contribution in [0.5, 0.6) is 0 Å². The van der Waals surface area contributed by atoms with Crippen LogP contribution in [-0.2, 0) is 10.0 Å². The Hall–Kier alpha value is -0.990. The molecule has 1 aromatic carbocycles. The molecule has 2 N–H and O–H groups in total.